The van der Waals surface area contributed by atoms with E-state index in [-0.39, 0.29) is 5.54 Å². The maximum atomic E-state index is 4.39. The Morgan fingerprint density at radius 2 is 2.11 bits per heavy atom. The minimum Gasteiger partial charge on any atom is -0.338 e. The van der Waals surface area contributed by atoms with Gasteiger partial charge in [-0.3, -0.25) is 4.68 Å². The van der Waals surface area contributed by atoms with E-state index in [9.17, 15) is 0 Å². The Kier molecular flexibility index (Phi) is 4.04. The molecule has 0 amide bonds. The molecular formula is C14H23N5. The molecule has 1 N–H and O–H groups in total. The van der Waals surface area contributed by atoms with Gasteiger partial charge in [0.25, 0.3) is 0 Å². The molecule has 0 aliphatic rings. The minimum absolute atomic E-state index is 0.134. The molecule has 0 radical (unpaired) electrons. The summed E-state index contributed by atoms with van der Waals surface area (Å²) in [6.45, 7) is 8.21. The Morgan fingerprint density at radius 3 is 2.74 bits per heavy atom. The lowest BCUT2D eigenvalue weighted by Crippen LogP contribution is -2.34. The van der Waals surface area contributed by atoms with Crippen LogP contribution in [0.2, 0.25) is 0 Å². The van der Waals surface area contributed by atoms with E-state index in [0.717, 1.165) is 25.3 Å². The van der Waals surface area contributed by atoms with Gasteiger partial charge in [0.15, 0.2) is 0 Å². The highest BCUT2D eigenvalue weighted by atomic mass is 15.3. The molecule has 0 aromatic carbocycles. The molecule has 19 heavy (non-hydrogen) atoms. The highest BCUT2D eigenvalue weighted by Crippen LogP contribution is 2.04. The van der Waals surface area contributed by atoms with Gasteiger partial charge in [0.1, 0.15) is 5.82 Å². The van der Waals surface area contributed by atoms with Gasteiger partial charge in [-0.1, -0.05) is 0 Å². The number of nitrogens with zero attached hydrogens (tertiary/aromatic N) is 4. The summed E-state index contributed by atoms with van der Waals surface area (Å²) >= 11 is 0. The zero-order valence-electron chi connectivity index (χ0n) is 12.2. The summed E-state index contributed by atoms with van der Waals surface area (Å²) in [6, 6.07) is 0. The molecule has 0 bridgehead atoms. The average molecular weight is 261 g/mol. The van der Waals surface area contributed by atoms with E-state index in [1.807, 2.05) is 34.9 Å². The van der Waals surface area contributed by atoms with Gasteiger partial charge in [0.05, 0.1) is 6.20 Å². The van der Waals surface area contributed by atoms with Crippen molar-refractivity contribution in [3.8, 4) is 0 Å². The molecule has 5 nitrogen and oxygen atoms in total. The number of hydrogen-bond donors (Lipinski definition) is 1. The number of aryl methyl sites for hydroxylation is 3. The fourth-order valence-corrected chi connectivity index (χ4v) is 1.84. The number of aromatic nitrogens is 4. The molecule has 2 rings (SSSR count). The third-order valence-corrected chi connectivity index (χ3v) is 3.00. The number of rotatable bonds is 5. The summed E-state index contributed by atoms with van der Waals surface area (Å²) in [4.78, 5) is 4.32. The van der Waals surface area contributed by atoms with E-state index in [4.69, 9.17) is 0 Å². The number of hydrogen-bond acceptors (Lipinski definition) is 3. The van der Waals surface area contributed by atoms with E-state index in [2.05, 4.69) is 42.4 Å². The van der Waals surface area contributed by atoms with Gasteiger partial charge in [-0.2, -0.15) is 5.10 Å². The van der Waals surface area contributed by atoms with E-state index in [0.29, 0.717) is 0 Å². The summed E-state index contributed by atoms with van der Waals surface area (Å²) in [5, 5.41) is 7.85. The Labute approximate surface area is 114 Å². The maximum absolute atomic E-state index is 4.39. The van der Waals surface area contributed by atoms with E-state index < -0.39 is 0 Å². The molecule has 0 spiro atoms. The Bertz CT molecular complexity index is 518. The van der Waals surface area contributed by atoms with E-state index in [1.54, 1.807) is 0 Å². The van der Waals surface area contributed by atoms with Crippen LogP contribution in [0.1, 0.15) is 32.2 Å². The fraction of sp³-hybridized carbons (Fsp3) is 0.571. The standard InChI is InChI=1S/C14H23N5/c1-14(2,3)16-9-12-10-17-19(11-12)7-5-13-15-6-8-18(13)4/h6,8,10-11,16H,5,7,9H2,1-4H3. The normalized spacial score (nSPS) is 12.0. The summed E-state index contributed by atoms with van der Waals surface area (Å²) in [6.07, 6.45) is 8.73. The predicted molar refractivity (Wildman–Crippen MR) is 75.7 cm³/mol. The molecule has 0 atom stereocenters. The first-order chi connectivity index (χ1) is 8.94. The molecule has 0 saturated heterocycles. The molecule has 2 aromatic rings. The first-order valence-corrected chi connectivity index (χ1v) is 6.66. The molecule has 0 fully saturated rings. The van der Waals surface area contributed by atoms with Crippen molar-refractivity contribution in [2.24, 2.45) is 7.05 Å². The lowest BCUT2D eigenvalue weighted by Gasteiger charge is -2.19. The van der Waals surface area contributed by atoms with Crippen LogP contribution in [0.4, 0.5) is 0 Å². The second kappa shape index (κ2) is 5.57. The highest BCUT2D eigenvalue weighted by Gasteiger charge is 2.09. The van der Waals surface area contributed by atoms with E-state index >= 15 is 0 Å². The second-order valence-electron chi connectivity index (χ2n) is 5.92. The summed E-state index contributed by atoms with van der Waals surface area (Å²) in [7, 11) is 2.02. The molecule has 104 valence electrons. The van der Waals surface area contributed by atoms with Crippen LogP contribution in [0.15, 0.2) is 24.8 Å². The molecule has 0 unspecified atom stereocenters. The van der Waals surface area contributed by atoms with Crippen molar-refractivity contribution in [2.45, 2.75) is 45.8 Å². The van der Waals surface area contributed by atoms with Crippen LogP contribution in [0.25, 0.3) is 0 Å². The second-order valence-corrected chi connectivity index (χ2v) is 5.92. The quantitative estimate of drug-likeness (QED) is 0.892. The lowest BCUT2D eigenvalue weighted by molar-refractivity contribution is 0.424. The van der Waals surface area contributed by atoms with Crippen molar-refractivity contribution in [1.82, 2.24) is 24.6 Å². The summed E-state index contributed by atoms with van der Waals surface area (Å²) in [5.74, 6) is 1.09. The van der Waals surface area contributed by atoms with Gasteiger partial charge in [0.2, 0.25) is 0 Å². The van der Waals surface area contributed by atoms with Crippen LogP contribution in [-0.4, -0.2) is 24.9 Å². The Balaban J connectivity index is 1.86. The number of nitrogens with one attached hydrogen (secondary N) is 1. The van der Waals surface area contributed by atoms with Gasteiger partial charge in [0, 0.05) is 56.3 Å². The molecule has 2 heterocycles. The molecule has 0 aliphatic heterocycles. The van der Waals surface area contributed by atoms with Crippen LogP contribution in [0.5, 0.6) is 0 Å². The molecule has 0 aliphatic carbocycles. The third kappa shape index (κ3) is 4.21. The number of imidazole rings is 1. The maximum Gasteiger partial charge on any atom is 0.110 e. The molecule has 0 saturated carbocycles. The zero-order valence-corrected chi connectivity index (χ0v) is 12.2. The topological polar surface area (TPSA) is 47.7 Å². The fourth-order valence-electron chi connectivity index (χ4n) is 1.84. The minimum atomic E-state index is 0.134. The molecule has 5 heteroatoms. The third-order valence-electron chi connectivity index (χ3n) is 3.00. The lowest BCUT2D eigenvalue weighted by atomic mass is 10.1. The first kappa shape index (κ1) is 13.8. The van der Waals surface area contributed by atoms with Crippen LogP contribution in [0, 0.1) is 0 Å². The van der Waals surface area contributed by atoms with Crippen molar-refractivity contribution >= 4 is 0 Å². The zero-order chi connectivity index (χ0) is 13.9. The smallest absolute Gasteiger partial charge is 0.110 e. The molecule has 2 aromatic heterocycles. The van der Waals surface area contributed by atoms with Crippen molar-refractivity contribution < 1.29 is 0 Å². The van der Waals surface area contributed by atoms with Crippen LogP contribution >= 0.6 is 0 Å². The van der Waals surface area contributed by atoms with Gasteiger partial charge in [-0.05, 0) is 20.8 Å². The van der Waals surface area contributed by atoms with Crippen molar-refractivity contribution in [3.63, 3.8) is 0 Å². The summed E-state index contributed by atoms with van der Waals surface area (Å²) < 4.78 is 4.03. The average Bonchev–Trinajstić information content (AvgIpc) is 2.92. The summed E-state index contributed by atoms with van der Waals surface area (Å²) in [5.41, 5.74) is 1.35. The van der Waals surface area contributed by atoms with Crippen molar-refractivity contribution in [1.29, 1.82) is 0 Å². The van der Waals surface area contributed by atoms with Gasteiger partial charge < -0.3 is 9.88 Å². The van der Waals surface area contributed by atoms with Crippen LogP contribution in [-0.2, 0) is 26.6 Å². The SMILES string of the molecule is Cn1ccnc1CCn1cc(CNC(C)(C)C)cn1. The van der Waals surface area contributed by atoms with Gasteiger partial charge in [-0.15, -0.1) is 0 Å². The Hall–Kier alpha value is -1.62. The van der Waals surface area contributed by atoms with E-state index in [1.165, 1.54) is 5.56 Å². The van der Waals surface area contributed by atoms with Crippen molar-refractivity contribution in [2.75, 3.05) is 0 Å². The van der Waals surface area contributed by atoms with Gasteiger partial charge >= 0.3 is 0 Å². The van der Waals surface area contributed by atoms with Gasteiger partial charge in [-0.25, -0.2) is 4.98 Å². The van der Waals surface area contributed by atoms with Crippen molar-refractivity contribution in [3.05, 3.63) is 36.2 Å². The predicted octanol–water partition coefficient (Wildman–Crippen LogP) is 1.75. The highest BCUT2D eigenvalue weighted by molar-refractivity contribution is 5.04. The molecular weight excluding hydrogens is 238 g/mol. The Morgan fingerprint density at radius 1 is 1.32 bits per heavy atom. The van der Waals surface area contributed by atoms with Crippen LogP contribution < -0.4 is 5.32 Å². The first-order valence-electron chi connectivity index (χ1n) is 6.66. The largest absolute Gasteiger partial charge is 0.338 e. The van der Waals surface area contributed by atoms with Crippen LogP contribution in [0.3, 0.4) is 0 Å². The monoisotopic (exact) mass is 261 g/mol.